The van der Waals surface area contributed by atoms with Crippen LogP contribution in [-0.2, 0) is 20.7 Å². The molecule has 0 aliphatic rings. The quantitative estimate of drug-likeness (QED) is 0.600. The largest absolute Gasteiger partial charge is 0.454 e. The first-order valence-corrected chi connectivity index (χ1v) is 7.94. The smallest absolute Gasteiger partial charge is 0.303 e. The lowest BCUT2D eigenvalue weighted by atomic mass is 10.1. The topological polar surface area (TPSA) is 43.4 Å². The summed E-state index contributed by atoms with van der Waals surface area (Å²) in [5, 5.41) is -0.141. The highest BCUT2D eigenvalue weighted by molar-refractivity contribution is 8.13. The SMILES string of the molecule is CC(=O)OC(CCc1ccccc1)C(=O)Sc1ccccc1. The fourth-order valence-electron chi connectivity index (χ4n) is 2.04. The van der Waals surface area contributed by atoms with E-state index < -0.39 is 12.1 Å². The molecule has 0 N–H and O–H groups in total. The minimum Gasteiger partial charge on any atom is -0.454 e. The summed E-state index contributed by atoms with van der Waals surface area (Å²) < 4.78 is 5.20. The van der Waals surface area contributed by atoms with Gasteiger partial charge in [0, 0.05) is 11.8 Å². The summed E-state index contributed by atoms with van der Waals surface area (Å²) >= 11 is 1.11. The average Bonchev–Trinajstić information content (AvgIpc) is 2.53. The van der Waals surface area contributed by atoms with Crippen LogP contribution in [0.5, 0.6) is 0 Å². The normalized spacial score (nSPS) is 11.7. The zero-order chi connectivity index (χ0) is 15.8. The zero-order valence-electron chi connectivity index (χ0n) is 12.4. The van der Waals surface area contributed by atoms with Gasteiger partial charge in [-0.3, -0.25) is 9.59 Å². The molecule has 4 heteroatoms. The third kappa shape index (κ3) is 5.37. The Labute approximate surface area is 134 Å². The van der Waals surface area contributed by atoms with E-state index in [-0.39, 0.29) is 5.12 Å². The van der Waals surface area contributed by atoms with Crippen LogP contribution >= 0.6 is 11.8 Å². The fraction of sp³-hybridized carbons (Fsp3) is 0.222. The van der Waals surface area contributed by atoms with Crippen LogP contribution < -0.4 is 0 Å². The molecule has 1 atom stereocenters. The number of aryl methyl sites for hydroxylation is 1. The van der Waals surface area contributed by atoms with Gasteiger partial charge in [0.25, 0.3) is 0 Å². The molecule has 0 fully saturated rings. The second-order valence-electron chi connectivity index (χ2n) is 4.86. The summed E-state index contributed by atoms with van der Waals surface area (Å²) in [7, 11) is 0. The maximum Gasteiger partial charge on any atom is 0.303 e. The Morgan fingerprint density at radius 2 is 1.59 bits per heavy atom. The lowest BCUT2D eigenvalue weighted by molar-refractivity contribution is -0.150. The van der Waals surface area contributed by atoms with Crippen LogP contribution in [0.1, 0.15) is 18.9 Å². The molecule has 0 saturated heterocycles. The van der Waals surface area contributed by atoms with E-state index in [1.54, 1.807) is 0 Å². The molecular formula is C18H18O3S. The van der Waals surface area contributed by atoms with E-state index in [1.165, 1.54) is 6.92 Å². The van der Waals surface area contributed by atoms with E-state index in [1.807, 2.05) is 60.7 Å². The van der Waals surface area contributed by atoms with Gasteiger partial charge in [-0.1, -0.05) is 48.5 Å². The van der Waals surface area contributed by atoms with Gasteiger partial charge in [0.1, 0.15) is 0 Å². The van der Waals surface area contributed by atoms with Crippen molar-refractivity contribution in [2.45, 2.75) is 30.8 Å². The Balaban J connectivity index is 1.98. The van der Waals surface area contributed by atoms with Crippen LogP contribution in [-0.4, -0.2) is 17.2 Å². The van der Waals surface area contributed by atoms with Crippen LogP contribution in [0.15, 0.2) is 65.6 Å². The maximum absolute atomic E-state index is 12.4. The summed E-state index contributed by atoms with van der Waals surface area (Å²) in [4.78, 5) is 24.4. The predicted molar refractivity (Wildman–Crippen MR) is 87.6 cm³/mol. The number of carbonyl (C=O) groups excluding carboxylic acids is 2. The Hall–Kier alpha value is -2.07. The van der Waals surface area contributed by atoms with Crippen molar-refractivity contribution in [3.63, 3.8) is 0 Å². The molecule has 0 saturated carbocycles. The van der Waals surface area contributed by atoms with Crippen LogP contribution in [0.2, 0.25) is 0 Å². The number of thioether (sulfide) groups is 1. The van der Waals surface area contributed by atoms with Gasteiger partial charge in [-0.2, -0.15) is 0 Å². The predicted octanol–water partition coefficient (Wildman–Crippen LogP) is 3.87. The third-order valence-corrected chi connectivity index (χ3v) is 4.04. The molecule has 0 heterocycles. The van der Waals surface area contributed by atoms with Crippen molar-refractivity contribution in [2.75, 3.05) is 0 Å². The molecule has 0 amide bonds. The van der Waals surface area contributed by atoms with Gasteiger partial charge in [0.05, 0.1) is 0 Å². The van der Waals surface area contributed by atoms with Crippen LogP contribution in [0.25, 0.3) is 0 Å². The number of carbonyl (C=O) groups is 2. The molecule has 1 unspecified atom stereocenters. The van der Waals surface area contributed by atoms with Crippen molar-refractivity contribution in [3.8, 4) is 0 Å². The molecule has 0 aliphatic heterocycles. The van der Waals surface area contributed by atoms with E-state index in [0.717, 1.165) is 22.2 Å². The van der Waals surface area contributed by atoms with Crippen LogP contribution in [0, 0.1) is 0 Å². The van der Waals surface area contributed by atoms with Gasteiger partial charge in [-0.25, -0.2) is 0 Å². The Bertz CT molecular complexity index is 611. The van der Waals surface area contributed by atoms with E-state index in [9.17, 15) is 9.59 Å². The lowest BCUT2D eigenvalue weighted by Crippen LogP contribution is -2.24. The van der Waals surface area contributed by atoms with Gasteiger partial charge in [-0.05, 0) is 42.3 Å². The second kappa shape index (κ2) is 8.39. The van der Waals surface area contributed by atoms with Crippen molar-refractivity contribution in [1.29, 1.82) is 0 Å². The summed E-state index contributed by atoms with van der Waals surface area (Å²) in [6.45, 7) is 1.33. The van der Waals surface area contributed by atoms with E-state index >= 15 is 0 Å². The monoisotopic (exact) mass is 314 g/mol. The first kappa shape index (κ1) is 16.3. The molecule has 0 spiro atoms. The summed E-state index contributed by atoms with van der Waals surface area (Å²) in [6.07, 6.45) is 0.463. The molecule has 0 aliphatic carbocycles. The van der Waals surface area contributed by atoms with Crippen molar-refractivity contribution in [2.24, 2.45) is 0 Å². The standard InChI is InChI=1S/C18H18O3S/c1-14(19)21-17(13-12-15-8-4-2-5-9-15)18(20)22-16-10-6-3-7-11-16/h2-11,17H,12-13H2,1H3. The molecule has 3 nitrogen and oxygen atoms in total. The number of rotatable bonds is 6. The van der Waals surface area contributed by atoms with Crippen molar-refractivity contribution >= 4 is 22.8 Å². The van der Waals surface area contributed by atoms with E-state index in [2.05, 4.69) is 0 Å². The molecule has 2 aromatic rings. The van der Waals surface area contributed by atoms with Crippen molar-refractivity contribution in [1.82, 2.24) is 0 Å². The minimum absolute atomic E-state index is 0.141. The first-order valence-electron chi connectivity index (χ1n) is 7.13. The number of hydrogen-bond donors (Lipinski definition) is 0. The average molecular weight is 314 g/mol. The lowest BCUT2D eigenvalue weighted by Gasteiger charge is -2.15. The highest BCUT2D eigenvalue weighted by atomic mass is 32.2. The number of ether oxygens (including phenoxy) is 1. The molecule has 2 aromatic carbocycles. The van der Waals surface area contributed by atoms with Gasteiger partial charge < -0.3 is 4.74 Å². The number of benzene rings is 2. The summed E-state index contributed by atoms with van der Waals surface area (Å²) in [5.74, 6) is -0.430. The van der Waals surface area contributed by atoms with Crippen molar-refractivity contribution in [3.05, 3.63) is 66.2 Å². The molecular weight excluding hydrogens is 296 g/mol. The molecule has 2 rings (SSSR count). The molecule has 22 heavy (non-hydrogen) atoms. The Morgan fingerprint density at radius 1 is 1.00 bits per heavy atom. The molecule has 114 valence electrons. The van der Waals surface area contributed by atoms with Gasteiger partial charge in [0.2, 0.25) is 5.12 Å². The van der Waals surface area contributed by atoms with E-state index in [4.69, 9.17) is 4.74 Å². The second-order valence-corrected chi connectivity index (χ2v) is 5.93. The highest BCUT2D eigenvalue weighted by Gasteiger charge is 2.22. The summed E-state index contributed by atoms with van der Waals surface area (Å²) in [6, 6.07) is 19.2. The number of hydrogen-bond acceptors (Lipinski definition) is 4. The minimum atomic E-state index is -0.720. The van der Waals surface area contributed by atoms with Gasteiger partial charge in [-0.15, -0.1) is 0 Å². The van der Waals surface area contributed by atoms with Gasteiger partial charge in [0.15, 0.2) is 6.10 Å². The third-order valence-electron chi connectivity index (χ3n) is 3.07. The highest BCUT2D eigenvalue weighted by Crippen LogP contribution is 2.23. The molecule has 0 radical (unpaired) electrons. The Morgan fingerprint density at radius 3 is 2.18 bits per heavy atom. The Kier molecular flexibility index (Phi) is 6.22. The molecule has 0 bridgehead atoms. The van der Waals surface area contributed by atoms with Gasteiger partial charge >= 0.3 is 5.97 Å². The fourth-order valence-corrected chi connectivity index (χ4v) is 2.86. The first-order chi connectivity index (χ1) is 10.6. The van der Waals surface area contributed by atoms with Crippen LogP contribution in [0.4, 0.5) is 0 Å². The summed E-state index contributed by atoms with van der Waals surface area (Å²) in [5.41, 5.74) is 1.12. The molecule has 0 aromatic heterocycles. The van der Waals surface area contributed by atoms with Crippen LogP contribution in [0.3, 0.4) is 0 Å². The number of esters is 1. The maximum atomic E-state index is 12.4. The zero-order valence-corrected chi connectivity index (χ0v) is 13.2. The van der Waals surface area contributed by atoms with E-state index in [0.29, 0.717) is 12.8 Å². The van der Waals surface area contributed by atoms with Crippen molar-refractivity contribution < 1.29 is 14.3 Å².